The lowest BCUT2D eigenvalue weighted by atomic mass is 10.1. The molecule has 4 nitrogen and oxygen atoms in total. The van der Waals surface area contributed by atoms with Gasteiger partial charge in [0.2, 0.25) is 0 Å². The number of hydrogen-bond acceptors (Lipinski definition) is 3. The maximum atomic E-state index is 12.4. The number of benzene rings is 2. The van der Waals surface area contributed by atoms with Crippen molar-refractivity contribution in [1.29, 1.82) is 0 Å². The van der Waals surface area contributed by atoms with Crippen LogP contribution in [-0.4, -0.2) is 18.0 Å². The third-order valence-electron chi connectivity index (χ3n) is 3.98. The zero-order valence-corrected chi connectivity index (χ0v) is 14.3. The number of carbonyl (C=O) groups excluding carboxylic acids is 1. The predicted molar refractivity (Wildman–Crippen MR) is 105 cm³/mol. The Balaban J connectivity index is 0.00000243. The smallest absolute Gasteiger partial charge is 0.253 e. The first-order valence-corrected chi connectivity index (χ1v) is 8.09. The van der Waals surface area contributed by atoms with Gasteiger partial charge in [0, 0.05) is 24.5 Å². The number of aromatic nitrogens is 1. The Bertz CT molecular complexity index is 873. The highest BCUT2D eigenvalue weighted by Crippen LogP contribution is 2.23. The summed E-state index contributed by atoms with van der Waals surface area (Å²) in [6.07, 6.45) is 3.32. The lowest BCUT2D eigenvalue weighted by Gasteiger charge is -2.08. The van der Waals surface area contributed by atoms with E-state index in [0.29, 0.717) is 12.1 Å². The molecule has 1 N–H and O–H groups in total. The quantitative estimate of drug-likeness (QED) is 0.731. The summed E-state index contributed by atoms with van der Waals surface area (Å²) < 4.78 is 5.25. The normalized spacial score (nSPS) is 9.92. The van der Waals surface area contributed by atoms with Crippen LogP contribution in [0.15, 0.2) is 67.0 Å². The molecule has 0 aliphatic rings. The van der Waals surface area contributed by atoms with Crippen LogP contribution in [0.2, 0.25) is 0 Å². The molecule has 0 bridgehead atoms. The summed E-state index contributed by atoms with van der Waals surface area (Å²) in [7, 11) is 1.63. The molecule has 0 unspecified atom stereocenters. The predicted octanol–water partition coefficient (Wildman–Crippen LogP) is 4.63. The van der Waals surface area contributed by atoms with Gasteiger partial charge in [-0.1, -0.05) is 49.4 Å². The van der Waals surface area contributed by atoms with Crippen molar-refractivity contribution >= 4 is 5.91 Å². The minimum atomic E-state index is -0.141. The fraction of sp³-hybridized carbons (Fsp3) is 0.182. The first kappa shape index (κ1) is 19.2. The molecule has 3 rings (SSSR count). The topological polar surface area (TPSA) is 51.2 Å². The number of ether oxygens (including phenoxy) is 1. The summed E-state index contributed by atoms with van der Waals surface area (Å²) >= 11 is 0. The number of rotatable bonds is 5. The van der Waals surface area contributed by atoms with E-state index in [2.05, 4.69) is 10.3 Å². The number of carbonyl (C=O) groups is 1. The van der Waals surface area contributed by atoms with Gasteiger partial charge in [0.25, 0.3) is 5.91 Å². The van der Waals surface area contributed by atoms with Gasteiger partial charge in [0.15, 0.2) is 0 Å². The third-order valence-corrected chi connectivity index (χ3v) is 3.98. The minimum absolute atomic E-state index is 0. The Hall–Kier alpha value is -3.14. The van der Waals surface area contributed by atoms with E-state index in [0.717, 1.165) is 22.4 Å². The van der Waals surface area contributed by atoms with Crippen molar-refractivity contribution in [3.63, 3.8) is 0 Å². The average molecular weight is 348 g/mol. The van der Waals surface area contributed by atoms with Gasteiger partial charge < -0.3 is 10.1 Å². The maximum absolute atomic E-state index is 12.4. The molecule has 4 heteroatoms. The summed E-state index contributed by atoms with van der Waals surface area (Å²) in [5.41, 5.74) is 4.63. The van der Waals surface area contributed by atoms with Crippen molar-refractivity contribution in [1.82, 2.24) is 10.3 Å². The van der Waals surface area contributed by atoms with E-state index >= 15 is 0 Å². The second-order valence-electron chi connectivity index (χ2n) is 5.86. The molecule has 0 aliphatic heterocycles. The van der Waals surface area contributed by atoms with Gasteiger partial charge >= 0.3 is 0 Å². The second kappa shape index (κ2) is 8.81. The van der Waals surface area contributed by atoms with E-state index < -0.39 is 0 Å². The minimum Gasteiger partial charge on any atom is -0.497 e. The molecular formula is C22H24N2O2. The molecule has 0 fully saturated rings. The number of methoxy groups -OCH3 is 1. The Morgan fingerprint density at radius 3 is 2.54 bits per heavy atom. The highest BCUT2D eigenvalue weighted by atomic mass is 16.5. The van der Waals surface area contributed by atoms with Crippen LogP contribution in [0.25, 0.3) is 11.1 Å². The summed E-state index contributed by atoms with van der Waals surface area (Å²) in [6, 6.07) is 17.6. The molecule has 0 radical (unpaired) electrons. The van der Waals surface area contributed by atoms with Gasteiger partial charge in [-0.3, -0.25) is 9.78 Å². The zero-order chi connectivity index (χ0) is 17.6. The van der Waals surface area contributed by atoms with Crippen LogP contribution in [0.5, 0.6) is 5.75 Å². The molecular weight excluding hydrogens is 324 g/mol. The van der Waals surface area contributed by atoms with Crippen LogP contribution in [0.4, 0.5) is 0 Å². The second-order valence-corrected chi connectivity index (χ2v) is 5.86. The van der Waals surface area contributed by atoms with Crippen LogP contribution < -0.4 is 10.1 Å². The van der Waals surface area contributed by atoms with Gasteiger partial charge in [-0.15, -0.1) is 0 Å². The van der Waals surface area contributed by atoms with Crippen molar-refractivity contribution < 1.29 is 9.53 Å². The van der Waals surface area contributed by atoms with Crippen LogP contribution in [0.1, 0.15) is 28.9 Å². The lowest BCUT2D eigenvalue weighted by Crippen LogP contribution is -2.22. The maximum Gasteiger partial charge on any atom is 0.253 e. The Morgan fingerprint density at radius 1 is 1.04 bits per heavy atom. The lowest BCUT2D eigenvalue weighted by molar-refractivity contribution is 0.0950. The van der Waals surface area contributed by atoms with Crippen molar-refractivity contribution in [2.24, 2.45) is 0 Å². The van der Waals surface area contributed by atoms with Crippen LogP contribution in [0, 0.1) is 6.92 Å². The first-order valence-electron chi connectivity index (χ1n) is 8.09. The van der Waals surface area contributed by atoms with Crippen LogP contribution in [0.3, 0.4) is 0 Å². The van der Waals surface area contributed by atoms with E-state index in [-0.39, 0.29) is 13.3 Å². The van der Waals surface area contributed by atoms with Gasteiger partial charge in [-0.05, 0) is 36.2 Å². The first-order chi connectivity index (χ1) is 12.2. The summed E-state index contributed by atoms with van der Waals surface area (Å²) in [4.78, 5) is 16.6. The zero-order valence-electron chi connectivity index (χ0n) is 14.3. The van der Waals surface area contributed by atoms with E-state index in [9.17, 15) is 4.79 Å². The van der Waals surface area contributed by atoms with Crippen molar-refractivity contribution in [3.05, 3.63) is 83.7 Å². The van der Waals surface area contributed by atoms with Crippen LogP contribution >= 0.6 is 0 Å². The highest BCUT2D eigenvalue weighted by molar-refractivity contribution is 5.95. The van der Waals surface area contributed by atoms with Gasteiger partial charge in [0.1, 0.15) is 5.75 Å². The number of hydrogen-bond donors (Lipinski definition) is 1. The van der Waals surface area contributed by atoms with Crippen molar-refractivity contribution in [2.45, 2.75) is 20.9 Å². The number of nitrogens with one attached hydrogen (secondary N) is 1. The monoisotopic (exact) mass is 348 g/mol. The van der Waals surface area contributed by atoms with Crippen molar-refractivity contribution in [2.75, 3.05) is 7.11 Å². The molecule has 26 heavy (non-hydrogen) atoms. The Morgan fingerprint density at radius 2 is 1.81 bits per heavy atom. The standard InChI is InChI=1S/C21H20N2O2.CH4/c1-15-6-8-16(9-7-15)12-23-21(24)19-10-18(13-22-14-19)17-4-3-5-20(11-17)25-2;/h3-11,13-14H,12H2,1-2H3,(H,23,24);1H4. The number of amides is 1. The molecule has 134 valence electrons. The third kappa shape index (κ3) is 4.70. The molecule has 1 heterocycles. The van der Waals surface area contributed by atoms with E-state index in [4.69, 9.17) is 4.74 Å². The molecule has 0 saturated heterocycles. The molecule has 1 amide bonds. The van der Waals surface area contributed by atoms with E-state index in [1.807, 2.05) is 61.5 Å². The fourth-order valence-corrected chi connectivity index (χ4v) is 2.51. The summed E-state index contributed by atoms with van der Waals surface area (Å²) in [5, 5.41) is 2.93. The summed E-state index contributed by atoms with van der Waals surface area (Å²) in [6.45, 7) is 2.53. The molecule has 3 aromatic rings. The number of nitrogens with zero attached hydrogens (tertiary/aromatic N) is 1. The largest absolute Gasteiger partial charge is 0.497 e. The van der Waals surface area contributed by atoms with E-state index in [1.165, 1.54) is 5.56 Å². The van der Waals surface area contributed by atoms with Gasteiger partial charge in [-0.2, -0.15) is 0 Å². The van der Waals surface area contributed by atoms with Gasteiger partial charge in [-0.25, -0.2) is 0 Å². The Kier molecular flexibility index (Phi) is 6.50. The molecule has 2 aromatic carbocycles. The van der Waals surface area contributed by atoms with Crippen LogP contribution in [-0.2, 0) is 6.54 Å². The number of aryl methyl sites for hydroxylation is 1. The van der Waals surface area contributed by atoms with Crippen molar-refractivity contribution in [3.8, 4) is 16.9 Å². The van der Waals surface area contributed by atoms with E-state index in [1.54, 1.807) is 19.5 Å². The molecule has 0 spiro atoms. The van der Waals surface area contributed by atoms with Gasteiger partial charge in [0.05, 0.1) is 12.7 Å². The molecule has 0 saturated carbocycles. The highest BCUT2D eigenvalue weighted by Gasteiger charge is 2.08. The molecule has 0 atom stereocenters. The number of pyridine rings is 1. The fourth-order valence-electron chi connectivity index (χ4n) is 2.51. The average Bonchev–Trinajstić information content (AvgIpc) is 2.67. The SMILES string of the molecule is C.COc1cccc(-c2cncc(C(=O)NCc3ccc(C)cc3)c2)c1. The molecule has 0 aliphatic carbocycles. The molecule has 1 aromatic heterocycles. The summed E-state index contributed by atoms with van der Waals surface area (Å²) in [5.74, 6) is 0.629. The Labute approximate surface area is 154 Å².